The lowest BCUT2D eigenvalue weighted by atomic mass is 10.2. The molecule has 0 spiro atoms. The van der Waals surface area contributed by atoms with E-state index in [-0.39, 0.29) is 0 Å². The van der Waals surface area contributed by atoms with Gasteiger partial charge in [0, 0.05) is 37.9 Å². The molecule has 0 aromatic heterocycles. The van der Waals surface area contributed by atoms with E-state index in [1.54, 1.807) is 0 Å². The molecule has 0 N–H and O–H groups in total. The predicted octanol–water partition coefficient (Wildman–Crippen LogP) is 1.72. The van der Waals surface area contributed by atoms with Crippen LogP contribution in [0.3, 0.4) is 0 Å². The van der Waals surface area contributed by atoms with Gasteiger partial charge < -0.3 is 9.80 Å². The van der Waals surface area contributed by atoms with Crippen molar-refractivity contribution in [3.63, 3.8) is 0 Å². The second-order valence-electron chi connectivity index (χ2n) is 3.92. The second kappa shape index (κ2) is 4.14. The predicted molar refractivity (Wildman–Crippen MR) is 56.1 cm³/mol. The van der Waals surface area contributed by atoms with Crippen molar-refractivity contribution in [2.45, 2.75) is 0 Å². The molecule has 82 valence electrons. The quantitative estimate of drug-likeness (QED) is 0.699. The molecule has 4 heteroatoms. The van der Waals surface area contributed by atoms with E-state index in [4.69, 9.17) is 0 Å². The molecular weight excluding hydrogens is 198 g/mol. The molecule has 1 aliphatic rings. The third kappa shape index (κ3) is 2.45. The standard InChI is InChI=1S/C11H14F2N2/c1-14-2-4-15(5-3-14)11-7-9(12)6-10(13)8-11/h6-8H,2-5H2,1H3. The van der Waals surface area contributed by atoms with Crippen molar-refractivity contribution < 1.29 is 8.78 Å². The van der Waals surface area contributed by atoms with Gasteiger partial charge in [0.25, 0.3) is 0 Å². The fraction of sp³-hybridized carbons (Fsp3) is 0.455. The second-order valence-corrected chi connectivity index (χ2v) is 3.92. The molecule has 0 bridgehead atoms. The summed E-state index contributed by atoms with van der Waals surface area (Å²) in [6, 6.07) is 3.67. The highest BCUT2D eigenvalue weighted by atomic mass is 19.1. The third-order valence-corrected chi connectivity index (χ3v) is 2.72. The Morgan fingerprint density at radius 1 is 0.933 bits per heavy atom. The molecule has 0 amide bonds. The molecule has 0 saturated carbocycles. The summed E-state index contributed by atoms with van der Waals surface area (Å²) >= 11 is 0. The largest absolute Gasteiger partial charge is 0.369 e. The van der Waals surface area contributed by atoms with Gasteiger partial charge in [-0.05, 0) is 19.2 Å². The number of halogens is 2. The first-order valence-electron chi connectivity index (χ1n) is 5.05. The SMILES string of the molecule is CN1CCN(c2cc(F)cc(F)c2)CC1. The van der Waals surface area contributed by atoms with Crippen LogP contribution in [0, 0.1) is 11.6 Å². The lowest BCUT2D eigenvalue weighted by Crippen LogP contribution is -2.44. The normalized spacial score (nSPS) is 18.2. The van der Waals surface area contributed by atoms with Crippen LogP contribution in [0.2, 0.25) is 0 Å². The number of nitrogens with zero attached hydrogens (tertiary/aromatic N) is 2. The summed E-state index contributed by atoms with van der Waals surface area (Å²) in [5, 5.41) is 0. The van der Waals surface area contributed by atoms with Gasteiger partial charge in [0.15, 0.2) is 0 Å². The van der Waals surface area contributed by atoms with Gasteiger partial charge in [-0.2, -0.15) is 0 Å². The zero-order chi connectivity index (χ0) is 10.8. The lowest BCUT2D eigenvalue weighted by molar-refractivity contribution is 0.312. The summed E-state index contributed by atoms with van der Waals surface area (Å²) in [6.45, 7) is 3.50. The molecule has 0 aliphatic carbocycles. The first-order valence-corrected chi connectivity index (χ1v) is 5.05. The summed E-state index contributed by atoms with van der Waals surface area (Å²) in [7, 11) is 2.05. The highest BCUT2D eigenvalue weighted by Crippen LogP contribution is 2.19. The lowest BCUT2D eigenvalue weighted by Gasteiger charge is -2.34. The maximum Gasteiger partial charge on any atom is 0.128 e. The molecular formula is C11H14F2N2. The van der Waals surface area contributed by atoms with E-state index < -0.39 is 11.6 Å². The van der Waals surface area contributed by atoms with E-state index in [0.29, 0.717) is 5.69 Å². The van der Waals surface area contributed by atoms with Crippen molar-refractivity contribution in [1.82, 2.24) is 4.90 Å². The smallest absolute Gasteiger partial charge is 0.128 e. The van der Waals surface area contributed by atoms with Crippen LogP contribution >= 0.6 is 0 Å². The van der Waals surface area contributed by atoms with Gasteiger partial charge in [0.2, 0.25) is 0 Å². The fourth-order valence-corrected chi connectivity index (χ4v) is 1.79. The van der Waals surface area contributed by atoms with E-state index in [1.807, 2.05) is 11.9 Å². The van der Waals surface area contributed by atoms with Gasteiger partial charge in [0.1, 0.15) is 11.6 Å². The van der Waals surface area contributed by atoms with E-state index in [0.717, 1.165) is 32.2 Å². The van der Waals surface area contributed by atoms with Crippen LogP contribution in [0.15, 0.2) is 18.2 Å². The average Bonchev–Trinajstić information content (AvgIpc) is 2.17. The van der Waals surface area contributed by atoms with Crippen molar-refractivity contribution in [2.24, 2.45) is 0 Å². The Labute approximate surface area is 88.1 Å². The maximum absolute atomic E-state index is 13.0. The highest BCUT2D eigenvalue weighted by Gasteiger charge is 2.15. The summed E-state index contributed by atoms with van der Waals surface area (Å²) < 4.78 is 26.0. The van der Waals surface area contributed by atoms with Crippen LogP contribution in [0.5, 0.6) is 0 Å². The van der Waals surface area contributed by atoms with Crippen LogP contribution in [0.25, 0.3) is 0 Å². The van der Waals surface area contributed by atoms with Gasteiger partial charge in [-0.1, -0.05) is 0 Å². The Kier molecular flexibility index (Phi) is 2.86. The number of hydrogen-bond acceptors (Lipinski definition) is 2. The van der Waals surface area contributed by atoms with E-state index >= 15 is 0 Å². The molecule has 1 aromatic carbocycles. The molecule has 0 atom stereocenters. The van der Waals surface area contributed by atoms with Crippen LogP contribution in [0.1, 0.15) is 0 Å². The van der Waals surface area contributed by atoms with Gasteiger partial charge >= 0.3 is 0 Å². The topological polar surface area (TPSA) is 6.48 Å². The van der Waals surface area contributed by atoms with Crippen molar-refractivity contribution in [3.05, 3.63) is 29.8 Å². The summed E-state index contributed by atoms with van der Waals surface area (Å²) in [4.78, 5) is 4.21. The molecule has 1 saturated heterocycles. The average molecular weight is 212 g/mol. The molecule has 1 aliphatic heterocycles. The van der Waals surface area contributed by atoms with E-state index in [2.05, 4.69) is 4.90 Å². The van der Waals surface area contributed by atoms with Gasteiger partial charge in [0.05, 0.1) is 0 Å². The van der Waals surface area contributed by atoms with E-state index in [9.17, 15) is 8.78 Å². The molecule has 0 radical (unpaired) electrons. The Hall–Kier alpha value is -1.16. The first-order chi connectivity index (χ1) is 7.15. The molecule has 15 heavy (non-hydrogen) atoms. The molecule has 1 aromatic rings. The monoisotopic (exact) mass is 212 g/mol. The third-order valence-electron chi connectivity index (χ3n) is 2.72. The zero-order valence-corrected chi connectivity index (χ0v) is 8.71. The summed E-state index contributed by atoms with van der Waals surface area (Å²) in [5.41, 5.74) is 0.639. The van der Waals surface area contributed by atoms with Crippen molar-refractivity contribution >= 4 is 5.69 Å². The summed E-state index contributed by atoms with van der Waals surface area (Å²) in [6.07, 6.45) is 0. The number of rotatable bonds is 1. The van der Waals surface area contributed by atoms with Crippen LogP contribution in [0.4, 0.5) is 14.5 Å². The Morgan fingerprint density at radius 3 is 2.00 bits per heavy atom. The molecule has 2 nitrogen and oxygen atoms in total. The molecule has 1 fully saturated rings. The first kappa shape index (κ1) is 10.4. The van der Waals surface area contributed by atoms with Crippen LogP contribution in [-0.4, -0.2) is 38.1 Å². The minimum Gasteiger partial charge on any atom is -0.369 e. The number of likely N-dealkylation sites (N-methyl/N-ethyl adjacent to an activating group) is 1. The molecule has 0 unspecified atom stereocenters. The Morgan fingerprint density at radius 2 is 1.47 bits per heavy atom. The Bertz CT molecular complexity index is 326. The Balaban J connectivity index is 2.15. The highest BCUT2D eigenvalue weighted by molar-refractivity contribution is 5.47. The van der Waals surface area contributed by atoms with E-state index in [1.165, 1.54) is 12.1 Å². The minimum absolute atomic E-state index is 0.510. The van der Waals surface area contributed by atoms with Gasteiger partial charge in [-0.25, -0.2) is 8.78 Å². The molecule has 1 heterocycles. The minimum atomic E-state index is -0.510. The van der Waals surface area contributed by atoms with Crippen LogP contribution in [-0.2, 0) is 0 Å². The molecule has 2 rings (SSSR count). The van der Waals surface area contributed by atoms with Crippen molar-refractivity contribution in [2.75, 3.05) is 38.1 Å². The number of benzene rings is 1. The van der Waals surface area contributed by atoms with Crippen molar-refractivity contribution in [3.8, 4) is 0 Å². The van der Waals surface area contributed by atoms with Crippen molar-refractivity contribution in [1.29, 1.82) is 0 Å². The summed E-state index contributed by atoms with van der Waals surface area (Å²) in [5.74, 6) is -1.02. The van der Waals surface area contributed by atoms with Gasteiger partial charge in [-0.15, -0.1) is 0 Å². The fourth-order valence-electron chi connectivity index (χ4n) is 1.79. The van der Waals surface area contributed by atoms with Gasteiger partial charge in [-0.3, -0.25) is 0 Å². The number of piperazine rings is 1. The van der Waals surface area contributed by atoms with Crippen LogP contribution < -0.4 is 4.90 Å². The number of anilines is 1. The maximum atomic E-state index is 13.0. The zero-order valence-electron chi connectivity index (χ0n) is 8.71. The number of hydrogen-bond donors (Lipinski definition) is 0.